The van der Waals surface area contributed by atoms with Crippen LogP contribution in [0.1, 0.15) is 29.5 Å². The fourth-order valence-electron chi connectivity index (χ4n) is 2.22. The summed E-state index contributed by atoms with van der Waals surface area (Å²) >= 11 is 0. The van der Waals surface area contributed by atoms with Crippen molar-refractivity contribution in [2.24, 2.45) is 0 Å². The Morgan fingerprint density at radius 2 is 1.80 bits per heavy atom. The average molecular weight is 354 g/mol. The highest BCUT2D eigenvalue weighted by Gasteiger charge is 2.30. The van der Waals surface area contributed by atoms with Gasteiger partial charge in [-0.3, -0.25) is 4.79 Å². The van der Waals surface area contributed by atoms with Crippen molar-refractivity contribution in [1.29, 1.82) is 0 Å². The van der Waals surface area contributed by atoms with Gasteiger partial charge in [0.2, 0.25) is 0 Å². The Morgan fingerprint density at radius 3 is 2.36 bits per heavy atom. The summed E-state index contributed by atoms with van der Waals surface area (Å²) in [5, 5.41) is 9.20. The second-order valence-electron chi connectivity index (χ2n) is 5.58. The molecule has 0 amide bonds. The van der Waals surface area contributed by atoms with E-state index >= 15 is 0 Å². The molecule has 1 N–H and O–H groups in total. The monoisotopic (exact) mass is 354 g/mol. The van der Waals surface area contributed by atoms with Crippen molar-refractivity contribution in [3.63, 3.8) is 0 Å². The van der Waals surface area contributed by atoms with Gasteiger partial charge in [-0.2, -0.15) is 0 Å². The van der Waals surface area contributed by atoms with E-state index in [0.29, 0.717) is 16.9 Å². The van der Waals surface area contributed by atoms with Crippen LogP contribution in [0.3, 0.4) is 0 Å². The van der Waals surface area contributed by atoms with Gasteiger partial charge in [0, 0.05) is 5.56 Å². The molecule has 1 atom stereocenters. The van der Waals surface area contributed by atoms with Crippen LogP contribution in [-0.4, -0.2) is 17.4 Å². The van der Waals surface area contributed by atoms with Crippen molar-refractivity contribution < 1.29 is 32.5 Å². The van der Waals surface area contributed by atoms with Crippen LogP contribution in [0.2, 0.25) is 0 Å². The number of carbonyl (C=O) groups is 1. The summed E-state index contributed by atoms with van der Waals surface area (Å²) in [6, 6.07) is 10.5. The molecule has 0 saturated carbocycles. The molecule has 2 aromatic rings. The molecule has 1 unspecified atom stereocenters. The van der Waals surface area contributed by atoms with Crippen LogP contribution in [0.15, 0.2) is 42.5 Å². The van der Waals surface area contributed by atoms with Crippen molar-refractivity contribution in [2.75, 3.05) is 0 Å². The van der Waals surface area contributed by atoms with Gasteiger partial charge in [0.25, 0.3) is 0 Å². The Kier molecular flexibility index (Phi) is 5.56. The van der Waals surface area contributed by atoms with Gasteiger partial charge in [-0.05, 0) is 37.6 Å². The summed E-state index contributed by atoms with van der Waals surface area (Å²) < 4.78 is 45.9. The minimum Gasteiger partial charge on any atom is -0.489 e. The van der Waals surface area contributed by atoms with E-state index in [1.54, 1.807) is 25.1 Å². The number of benzene rings is 2. The Bertz CT molecular complexity index is 739. The highest BCUT2D eigenvalue weighted by molar-refractivity contribution is 5.76. The minimum atomic E-state index is -4.73. The lowest BCUT2D eigenvalue weighted by atomic mass is 9.98. The molecule has 25 heavy (non-hydrogen) atoms. The molecule has 0 saturated heterocycles. The first-order valence-corrected chi connectivity index (χ1v) is 7.46. The number of aryl methyl sites for hydroxylation is 1. The first kappa shape index (κ1) is 18.6. The van der Waals surface area contributed by atoms with Crippen LogP contribution in [-0.2, 0) is 11.4 Å². The quantitative estimate of drug-likeness (QED) is 0.820. The molecular weight excluding hydrogens is 337 g/mol. The molecule has 0 aliphatic carbocycles. The van der Waals surface area contributed by atoms with Crippen molar-refractivity contribution in [1.82, 2.24) is 0 Å². The van der Waals surface area contributed by atoms with Gasteiger partial charge in [-0.15, -0.1) is 13.2 Å². The van der Waals surface area contributed by atoms with Gasteiger partial charge in [-0.1, -0.05) is 29.8 Å². The normalized spacial score (nSPS) is 12.5. The van der Waals surface area contributed by atoms with Gasteiger partial charge in [-0.25, -0.2) is 0 Å². The van der Waals surface area contributed by atoms with E-state index in [9.17, 15) is 23.1 Å². The molecule has 7 heteroatoms. The third-order valence-corrected chi connectivity index (χ3v) is 3.55. The van der Waals surface area contributed by atoms with E-state index in [-0.39, 0.29) is 12.4 Å². The number of carboxylic acids is 1. The topological polar surface area (TPSA) is 55.8 Å². The molecule has 0 heterocycles. The molecule has 0 aromatic heterocycles. The third kappa shape index (κ3) is 5.41. The number of aliphatic carboxylic acids is 1. The van der Waals surface area contributed by atoms with Gasteiger partial charge < -0.3 is 14.6 Å². The lowest BCUT2D eigenvalue weighted by Crippen LogP contribution is -2.17. The fourth-order valence-corrected chi connectivity index (χ4v) is 2.22. The first-order chi connectivity index (χ1) is 11.7. The van der Waals surface area contributed by atoms with E-state index in [1.807, 2.05) is 6.92 Å². The second-order valence-corrected chi connectivity index (χ2v) is 5.58. The van der Waals surface area contributed by atoms with E-state index < -0.39 is 18.2 Å². The summed E-state index contributed by atoms with van der Waals surface area (Å²) in [6.45, 7) is 3.50. The number of hydrogen-bond acceptors (Lipinski definition) is 3. The van der Waals surface area contributed by atoms with E-state index in [2.05, 4.69) is 4.74 Å². The van der Waals surface area contributed by atoms with Crippen LogP contribution in [0, 0.1) is 6.92 Å². The first-order valence-electron chi connectivity index (χ1n) is 7.46. The van der Waals surface area contributed by atoms with Gasteiger partial charge in [0.1, 0.15) is 18.1 Å². The van der Waals surface area contributed by atoms with Crippen molar-refractivity contribution in [3.8, 4) is 11.5 Å². The Hall–Kier alpha value is -2.70. The van der Waals surface area contributed by atoms with Crippen molar-refractivity contribution >= 4 is 5.97 Å². The molecule has 0 spiro atoms. The molecule has 0 fully saturated rings. The molecule has 0 bridgehead atoms. The predicted molar refractivity (Wildman–Crippen MR) is 84.7 cm³/mol. The van der Waals surface area contributed by atoms with Crippen molar-refractivity contribution in [2.45, 2.75) is 32.7 Å². The molecule has 134 valence electrons. The Labute approximate surface area is 142 Å². The zero-order chi connectivity index (χ0) is 18.6. The number of rotatable bonds is 6. The van der Waals surface area contributed by atoms with E-state index in [0.717, 1.165) is 5.56 Å². The number of halogens is 3. The molecule has 0 aliphatic rings. The van der Waals surface area contributed by atoms with Gasteiger partial charge in [0.15, 0.2) is 0 Å². The summed E-state index contributed by atoms with van der Waals surface area (Å²) in [6.07, 6.45) is -4.73. The van der Waals surface area contributed by atoms with E-state index in [4.69, 9.17) is 4.74 Å². The molecule has 2 aromatic carbocycles. The smallest absolute Gasteiger partial charge is 0.489 e. The zero-order valence-electron chi connectivity index (χ0n) is 13.6. The SMILES string of the molecule is Cc1ccc(OCc2ccc(OC(F)(F)F)cc2)c(C(C)C(=O)O)c1. The van der Waals surface area contributed by atoms with Gasteiger partial charge >= 0.3 is 12.3 Å². The van der Waals surface area contributed by atoms with Crippen LogP contribution >= 0.6 is 0 Å². The van der Waals surface area contributed by atoms with E-state index in [1.165, 1.54) is 24.3 Å². The number of alkyl halides is 3. The average Bonchev–Trinajstić information content (AvgIpc) is 2.52. The lowest BCUT2D eigenvalue weighted by molar-refractivity contribution is -0.274. The molecule has 0 aliphatic heterocycles. The minimum absolute atomic E-state index is 0.0920. The summed E-state index contributed by atoms with van der Waals surface area (Å²) in [4.78, 5) is 11.2. The summed E-state index contributed by atoms with van der Waals surface area (Å²) in [5.41, 5.74) is 2.08. The lowest BCUT2D eigenvalue weighted by Gasteiger charge is -2.15. The number of hydrogen-bond donors (Lipinski definition) is 1. The van der Waals surface area contributed by atoms with Gasteiger partial charge in [0.05, 0.1) is 5.92 Å². The highest BCUT2D eigenvalue weighted by Crippen LogP contribution is 2.29. The van der Waals surface area contributed by atoms with Crippen LogP contribution in [0.4, 0.5) is 13.2 Å². The van der Waals surface area contributed by atoms with Crippen LogP contribution < -0.4 is 9.47 Å². The number of ether oxygens (including phenoxy) is 2. The zero-order valence-corrected chi connectivity index (χ0v) is 13.6. The fraction of sp³-hybridized carbons (Fsp3) is 0.278. The standard InChI is InChI=1S/C18H17F3O4/c1-11-3-8-16(15(9-11)12(2)17(22)23)24-10-13-4-6-14(7-5-13)25-18(19,20)21/h3-9,12H,10H2,1-2H3,(H,22,23). The largest absolute Gasteiger partial charge is 0.573 e. The Morgan fingerprint density at radius 1 is 1.16 bits per heavy atom. The molecular formula is C18H17F3O4. The summed E-state index contributed by atoms with van der Waals surface area (Å²) in [7, 11) is 0. The van der Waals surface area contributed by atoms with Crippen LogP contribution in [0.25, 0.3) is 0 Å². The third-order valence-electron chi connectivity index (χ3n) is 3.55. The molecule has 4 nitrogen and oxygen atoms in total. The predicted octanol–water partition coefficient (Wildman–Crippen LogP) is 4.66. The second kappa shape index (κ2) is 7.46. The highest BCUT2D eigenvalue weighted by atomic mass is 19.4. The Balaban J connectivity index is 2.10. The maximum Gasteiger partial charge on any atom is 0.573 e. The molecule has 2 rings (SSSR count). The maximum atomic E-state index is 12.1. The van der Waals surface area contributed by atoms with Crippen LogP contribution in [0.5, 0.6) is 11.5 Å². The maximum absolute atomic E-state index is 12.1. The van der Waals surface area contributed by atoms with Crippen molar-refractivity contribution in [3.05, 3.63) is 59.2 Å². The molecule has 0 radical (unpaired) electrons. The number of carboxylic acid groups (broad SMARTS) is 1. The summed E-state index contributed by atoms with van der Waals surface area (Å²) in [5.74, 6) is -1.59.